The van der Waals surface area contributed by atoms with Crippen LogP contribution in [-0.2, 0) is 6.42 Å². The summed E-state index contributed by atoms with van der Waals surface area (Å²) in [5.74, 6) is 6.71. The lowest BCUT2D eigenvalue weighted by Gasteiger charge is -2.13. The van der Waals surface area contributed by atoms with E-state index in [4.69, 9.17) is 10.3 Å². The highest BCUT2D eigenvalue weighted by molar-refractivity contribution is 5.10. The third-order valence-electron chi connectivity index (χ3n) is 2.53. The van der Waals surface area contributed by atoms with Crippen molar-refractivity contribution in [3.05, 3.63) is 23.7 Å². The molecule has 0 aliphatic heterocycles. The van der Waals surface area contributed by atoms with E-state index >= 15 is 0 Å². The zero-order chi connectivity index (χ0) is 12.9. The minimum absolute atomic E-state index is 0.0283. The van der Waals surface area contributed by atoms with Crippen LogP contribution in [0.15, 0.2) is 16.5 Å². The molecule has 98 valence electrons. The van der Waals surface area contributed by atoms with Crippen molar-refractivity contribution in [1.82, 2.24) is 5.43 Å². The number of hydrazine groups is 1. The van der Waals surface area contributed by atoms with Crippen molar-refractivity contribution in [3.63, 3.8) is 0 Å². The minimum atomic E-state index is -4.11. The number of aryl methyl sites for hydroxylation is 1. The van der Waals surface area contributed by atoms with Gasteiger partial charge in [0.2, 0.25) is 0 Å². The van der Waals surface area contributed by atoms with Crippen LogP contribution in [0, 0.1) is 0 Å². The van der Waals surface area contributed by atoms with Crippen molar-refractivity contribution in [1.29, 1.82) is 0 Å². The number of hydrogen-bond acceptors (Lipinski definition) is 3. The van der Waals surface area contributed by atoms with Crippen LogP contribution in [0.1, 0.15) is 43.7 Å². The van der Waals surface area contributed by atoms with Crippen LogP contribution in [-0.4, -0.2) is 6.18 Å². The molecule has 0 bridgehead atoms. The van der Waals surface area contributed by atoms with Gasteiger partial charge in [0.25, 0.3) is 0 Å². The number of rotatable bonds is 6. The van der Waals surface area contributed by atoms with E-state index in [0.717, 1.165) is 12.2 Å². The maximum Gasteiger partial charge on any atom is 0.389 e. The first kappa shape index (κ1) is 14.1. The first-order valence-electron chi connectivity index (χ1n) is 5.57. The lowest BCUT2D eigenvalue weighted by atomic mass is 10.1. The fourth-order valence-corrected chi connectivity index (χ4v) is 1.59. The molecule has 1 heterocycles. The average Bonchev–Trinajstić information content (AvgIpc) is 2.71. The molecule has 0 radical (unpaired) electrons. The molecule has 0 spiro atoms. The van der Waals surface area contributed by atoms with E-state index in [0.29, 0.717) is 12.2 Å². The van der Waals surface area contributed by atoms with Gasteiger partial charge in [0.05, 0.1) is 6.04 Å². The maximum atomic E-state index is 12.0. The topological polar surface area (TPSA) is 51.2 Å². The average molecular weight is 250 g/mol. The molecule has 3 nitrogen and oxygen atoms in total. The minimum Gasteiger partial charge on any atom is -0.464 e. The molecule has 0 aromatic carbocycles. The fourth-order valence-electron chi connectivity index (χ4n) is 1.59. The Balaban J connectivity index is 2.48. The highest BCUT2D eigenvalue weighted by atomic mass is 19.4. The first-order chi connectivity index (χ1) is 7.96. The standard InChI is InChI=1S/C11H17F3N2O/c1-2-8-5-6-10(17-8)9(16-15)4-3-7-11(12,13)14/h5-6,9,16H,2-4,7,15H2,1H3. The Morgan fingerprint density at radius 3 is 2.59 bits per heavy atom. The summed E-state index contributed by atoms with van der Waals surface area (Å²) in [4.78, 5) is 0. The normalized spacial score (nSPS) is 13.9. The predicted octanol–water partition coefficient (Wildman–Crippen LogP) is 3.08. The van der Waals surface area contributed by atoms with E-state index in [1.54, 1.807) is 6.07 Å². The van der Waals surface area contributed by atoms with Crippen LogP contribution in [0.3, 0.4) is 0 Å². The van der Waals surface area contributed by atoms with Crippen molar-refractivity contribution in [2.24, 2.45) is 5.84 Å². The van der Waals surface area contributed by atoms with Gasteiger partial charge in [-0.15, -0.1) is 0 Å². The molecule has 0 saturated carbocycles. The summed E-state index contributed by atoms with van der Waals surface area (Å²) < 4.78 is 41.4. The monoisotopic (exact) mass is 250 g/mol. The maximum absolute atomic E-state index is 12.0. The van der Waals surface area contributed by atoms with Gasteiger partial charge in [-0.25, -0.2) is 5.43 Å². The smallest absolute Gasteiger partial charge is 0.389 e. The molecule has 1 rings (SSSR count). The number of alkyl halides is 3. The van der Waals surface area contributed by atoms with Gasteiger partial charge in [0.15, 0.2) is 0 Å². The summed E-state index contributed by atoms with van der Waals surface area (Å²) in [6.45, 7) is 1.94. The second kappa shape index (κ2) is 6.07. The molecule has 0 fully saturated rings. The molecule has 1 aromatic heterocycles. The number of nitrogens with two attached hydrogens (primary N) is 1. The van der Waals surface area contributed by atoms with Crippen LogP contribution in [0.4, 0.5) is 13.2 Å². The van der Waals surface area contributed by atoms with Gasteiger partial charge < -0.3 is 4.42 Å². The SMILES string of the molecule is CCc1ccc(C(CCCC(F)(F)F)NN)o1. The van der Waals surface area contributed by atoms with Crippen molar-refractivity contribution in [2.45, 2.75) is 44.8 Å². The number of nitrogens with one attached hydrogen (secondary N) is 1. The highest BCUT2D eigenvalue weighted by Crippen LogP contribution is 2.26. The van der Waals surface area contributed by atoms with Crippen molar-refractivity contribution in [2.75, 3.05) is 0 Å². The molecule has 3 N–H and O–H groups in total. The van der Waals surface area contributed by atoms with Crippen molar-refractivity contribution >= 4 is 0 Å². The van der Waals surface area contributed by atoms with E-state index in [9.17, 15) is 13.2 Å². The fraction of sp³-hybridized carbons (Fsp3) is 0.636. The zero-order valence-corrected chi connectivity index (χ0v) is 9.68. The number of halogens is 3. The lowest BCUT2D eigenvalue weighted by Crippen LogP contribution is -2.28. The summed E-state index contributed by atoms with van der Waals surface area (Å²) >= 11 is 0. The van der Waals surface area contributed by atoms with Crippen LogP contribution < -0.4 is 11.3 Å². The second-order valence-electron chi connectivity index (χ2n) is 3.88. The molecule has 0 aliphatic rings. The predicted molar refractivity (Wildman–Crippen MR) is 58.1 cm³/mol. The molecular formula is C11H17F3N2O. The van der Waals surface area contributed by atoms with Crippen LogP contribution in [0.5, 0.6) is 0 Å². The Labute approximate surface area is 98.1 Å². The van der Waals surface area contributed by atoms with Crippen LogP contribution in [0.2, 0.25) is 0 Å². The Hall–Kier alpha value is -1.01. The number of hydrogen-bond donors (Lipinski definition) is 2. The van der Waals surface area contributed by atoms with E-state index in [1.165, 1.54) is 0 Å². The van der Waals surface area contributed by atoms with E-state index in [-0.39, 0.29) is 12.5 Å². The quantitative estimate of drug-likeness (QED) is 0.602. The van der Waals surface area contributed by atoms with Crippen molar-refractivity contribution in [3.8, 4) is 0 Å². The summed E-state index contributed by atoms with van der Waals surface area (Å²) in [5.41, 5.74) is 2.48. The Bertz CT molecular complexity index is 336. The van der Waals surface area contributed by atoms with Gasteiger partial charge in [-0.2, -0.15) is 13.2 Å². The summed E-state index contributed by atoms with van der Waals surface area (Å²) in [6.07, 6.45) is -3.84. The molecule has 0 saturated heterocycles. The number of furan rings is 1. The molecule has 1 atom stereocenters. The first-order valence-corrected chi connectivity index (χ1v) is 5.57. The van der Waals surface area contributed by atoms with Crippen molar-refractivity contribution < 1.29 is 17.6 Å². The molecule has 1 unspecified atom stereocenters. The van der Waals surface area contributed by atoms with Gasteiger partial charge >= 0.3 is 6.18 Å². The highest BCUT2D eigenvalue weighted by Gasteiger charge is 2.27. The Morgan fingerprint density at radius 1 is 1.41 bits per heavy atom. The van der Waals surface area contributed by atoms with Gasteiger partial charge in [-0.05, 0) is 25.0 Å². The molecule has 0 amide bonds. The van der Waals surface area contributed by atoms with Gasteiger partial charge in [-0.3, -0.25) is 5.84 Å². The lowest BCUT2D eigenvalue weighted by molar-refractivity contribution is -0.135. The zero-order valence-electron chi connectivity index (χ0n) is 9.68. The third kappa shape index (κ3) is 4.79. The molecule has 17 heavy (non-hydrogen) atoms. The van der Waals surface area contributed by atoms with E-state index < -0.39 is 12.6 Å². The van der Waals surface area contributed by atoms with Gasteiger partial charge in [0.1, 0.15) is 11.5 Å². The molecule has 0 aliphatic carbocycles. The second-order valence-corrected chi connectivity index (χ2v) is 3.88. The van der Waals surface area contributed by atoms with E-state index in [2.05, 4.69) is 5.43 Å². The largest absolute Gasteiger partial charge is 0.464 e. The molecule has 1 aromatic rings. The molecule has 6 heteroatoms. The van der Waals surface area contributed by atoms with Gasteiger partial charge in [0, 0.05) is 12.8 Å². The third-order valence-corrected chi connectivity index (χ3v) is 2.53. The Morgan fingerprint density at radius 2 is 2.12 bits per heavy atom. The summed E-state index contributed by atoms with van der Waals surface area (Å²) in [5, 5.41) is 0. The summed E-state index contributed by atoms with van der Waals surface area (Å²) in [7, 11) is 0. The Kier molecular flexibility index (Phi) is 5.02. The molecular weight excluding hydrogens is 233 g/mol. The van der Waals surface area contributed by atoms with Gasteiger partial charge in [-0.1, -0.05) is 6.92 Å². The summed E-state index contributed by atoms with van der Waals surface area (Å²) in [6, 6.07) is 3.19. The van der Waals surface area contributed by atoms with Crippen LogP contribution >= 0.6 is 0 Å². The van der Waals surface area contributed by atoms with Crippen LogP contribution in [0.25, 0.3) is 0 Å². The van der Waals surface area contributed by atoms with E-state index in [1.807, 2.05) is 13.0 Å².